The number of rotatable bonds is 2. The Balaban J connectivity index is 0.000000132. The number of hydrogen-bond acceptors (Lipinski definition) is 8. The molecule has 4 N–H and O–H groups in total. The molecule has 0 saturated carbocycles. The molecule has 10 heteroatoms. The van der Waals surface area contributed by atoms with Gasteiger partial charge in [0.2, 0.25) is 0 Å². The van der Waals surface area contributed by atoms with Crippen LogP contribution in [0.5, 0.6) is 0 Å². The van der Waals surface area contributed by atoms with Crippen LogP contribution in [0.2, 0.25) is 0 Å². The van der Waals surface area contributed by atoms with E-state index >= 15 is 0 Å². The van der Waals surface area contributed by atoms with E-state index in [0.29, 0.717) is 12.1 Å². The van der Waals surface area contributed by atoms with Crippen molar-refractivity contribution >= 4 is 55.0 Å². The van der Waals surface area contributed by atoms with Gasteiger partial charge < -0.3 is 20.8 Å². The topological polar surface area (TPSA) is 124 Å². The van der Waals surface area contributed by atoms with Crippen molar-refractivity contribution in [3.05, 3.63) is 58.5 Å². The second-order valence-corrected chi connectivity index (χ2v) is 10.1. The molecular weight excluding hydrogens is 472 g/mol. The largest absolute Gasteiger partial charge is 0.473 e. The van der Waals surface area contributed by atoms with E-state index in [1.54, 1.807) is 0 Å². The van der Waals surface area contributed by atoms with E-state index in [1.165, 1.54) is 45.1 Å². The van der Waals surface area contributed by atoms with Crippen LogP contribution in [-0.4, -0.2) is 45.2 Å². The lowest BCUT2D eigenvalue weighted by atomic mass is 10.2. The third kappa shape index (κ3) is 6.15. The van der Waals surface area contributed by atoms with Crippen LogP contribution in [0.25, 0.3) is 20.4 Å². The molecule has 2 aliphatic rings. The molecule has 2 unspecified atom stereocenters. The van der Waals surface area contributed by atoms with Crippen molar-refractivity contribution in [3.8, 4) is 0 Å². The molecule has 2 aromatic heterocycles. The first kappa shape index (κ1) is 24.2. The second kappa shape index (κ2) is 11.5. The standard InChI is InChI=1S/2C11H12N2S.C2H2O4/c2*1-2-6-10-8(4-1)13-11(14-10)9-5-3-7-12-9;3-1(4)2(5)6/h2*1-2,4,6,9,12H,3,5,7H2;(H,3,4)(H,5,6). The van der Waals surface area contributed by atoms with Gasteiger partial charge in [0.25, 0.3) is 0 Å². The zero-order chi connectivity index (χ0) is 23.9. The highest BCUT2D eigenvalue weighted by atomic mass is 32.1. The number of aliphatic carboxylic acids is 2. The first-order valence-electron chi connectivity index (χ1n) is 11.1. The molecule has 6 rings (SSSR count). The number of benzene rings is 2. The van der Waals surface area contributed by atoms with Crippen LogP contribution in [0.15, 0.2) is 48.5 Å². The maximum absolute atomic E-state index is 9.10. The van der Waals surface area contributed by atoms with Crippen LogP contribution >= 0.6 is 22.7 Å². The number of thiazole rings is 2. The quantitative estimate of drug-likeness (QED) is 0.296. The molecule has 0 amide bonds. The average Bonchev–Trinajstić information content (AvgIpc) is 3.64. The fourth-order valence-electron chi connectivity index (χ4n) is 3.87. The maximum atomic E-state index is 9.10. The Morgan fingerprint density at radius 3 is 1.47 bits per heavy atom. The van der Waals surface area contributed by atoms with Gasteiger partial charge in [-0.15, -0.1) is 22.7 Å². The summed E-state index contributed by atoms with van der Waals surface area (Å²) in [6, 6.07) is 17.7. The van der Waals surface area contributed by atoms with Crippen molar-refractivity contribution in [1.29, 1.82) is 0 Å². The molecule has 2 aliphatic heterocycles. The molecule has 2 atom stereocenters. The van der Waals surface area contributed by atoms with Gasteiger partial charge in [-0.1, -0.05) is 24.3 Å². The Morgan fingerprint density at radius 1 is 0.735 bits per heavy atom. The molecule has 0 bridgehead atoms. The molecule has 4 aromatic rings. The Morgan fingerprint density at radius 2 is 1.15 bits per heavy atom. The van der Waals surface area contributed by atoms with Gasteiger partial charge in [0.15, 0.2) is 0 Å². The van der Waals surface area contributed by atoms with Crippen LogP contribution < -0.4 is 10.6 Å². The number of aromatic nitrogens is 2. The monoisotopic (exact) mass is 498 g/mol. The molecule has 0 radical (unpaired) electrons. The highest BCUT2D eigenvalue weighted by Gasteiger charge is 2.20. The molecule has 2 aromatic carbocycles. The van der Waals surface area contributed by atoms with Gasteiger partial charge in [-0.2, -0.15) is 0 Å². The summed E-state index contributed by atoms with van der Waals surface area (Å²) in [6.07, 6.45) is 5.03. The van der Waals surface area contributed by atoms with Gasteiger partial charge in [-0.05, 0) is 63.0 Å². The van der Waals surface area contributed by atoms with Gasteiger partial charge >= 0.3 is 11.9 Å². The van der Waals surface area contributed by atoms with E-state index in [2.05, 4.69) is 57.0 Å². The molecule has 4 heterocycles. The Kier molecular flexibility index (Phi) is 8.17. The Hall–Kier alpha value is -2.92. The molecule has 2 saturated heterocycles. The molecule has 0 spiro atoms. The summed E-state index contributed by atoms with van der Waals surface area (Å²) in [5.74, 6) is -3.65. The van der Waals surface area contributed by atoms with E-state index in [-0.39, 0.29) is 0 Å². The molecule has 2 fully saturated rings. The highest BCUT2D eigenvalue weighted by molar-refractivity contribution is 7.19. The predicted octanol–water partition coefficient (Wildman–Crippen LogP) is 4.60. The Labute approximate surface area is 204 Å². The summed E-state index contributed by atoms with van der Waals surface area (Å²) in [7, 11) is 0. The van der Waals surface area contributed by atoms with E-state index in [4.69, 9.17) is 19.8 Å². The van der Waals surface area contributed by atoms with Crippen molar-refractivity contribution in [2.75, 3.05) is 13.1 Å². The van der Waals surface area contributed by atoms with Crippen LogP contribution in [0, 0.1) is 0 Å². The first-order chi connectivity index (χ1) is 16.5. The van der Waals surface area contributed by atoms with E-state index in [9.17, 15) is 0 Å². The maximum Gasteiger partial charge on any atom is 0.414 e. The predicted molar refractivity (Wildman–Crippen MR) is 134 cm³/mol. The van der Waals surface area contributed by atoms with Crippen molar-refractivity contribution in [2.24, 2.45) is 0 Å². The van der Waals surface area contributed by atoms with Gasteiger partial charge in [0, 0.05) is 0 Å². The van der Waals surface area contributed by atoms with Gasteiger partial charge in [-0.25, -0.2) is 19.6 Å². The number of nitrogens with zero attached hydrogens (tertiary/aromatic N) is 2. The van der Waals surface area contributed by atoms with Gasteiger partial charge in [-0.3, -0.25) is 0 Å². The SMILES string of the molecule is O=C(O)C(=O)O.c1ccc2sc(C3CCCN3)nc2c1.c1ccc2sc(C3CCCN3)nc2c1. The fourth-order valence-corrected chi connectivity index (χ4v) is 6.02. The van der Waals surface area contributed by atoms with Crippen LogP contribution in [0.3, 0.4) is 0 Å². The zero-order valence-electron chi connectivity index (χ0n) is 18.4. The minimum Gasteiger partial charge on any atom is -0.473 e. The van der Waals surface area contributed by atoms with Crippen molar-refractivity contribution in [1.82, 2.24) is 20.6 Å². The number of carbonyl (C=O) groups is 2. The number of para-hydroxylation sites is 2. The van der Waals surface area contributed by atoms with Gasteiger partial charge in [0.05, 0.1) is 32.5 Å². The lowest BCUT2D eigenvalue weighted by Gasteiger charge is -2.03. The van der Waals surface area contributed by atoms with E-state index < -0.39 is 11.9 Å². The lowest BCUT2D eigenvalue weighted by molar-refractivity contribution is -0.159. The van der Waals surface area contributed by atoms with E-state index in [1.807, 2.05) is 34.8 Å². The first-order valence-corrected chi connectivity index (χ1v) is 12.8. The van der Waals surface area contributed by atoms with Crippen molar-refractivity contribution in [3.63, 3.8) is 0 Å². The van der Waals surface area contributed by atoms with Crippen LogP contribution in [0.1, 0.15) is 47.8 Å². The summed E-state index contributed by atoms with van der Waals surface area (Å²) in [6.45, 7) is 2.28. The number of hydrogen-bond donors (Lipinski definition) is 4. The highest BCUT2D eigenvalue weighted by Crippen LogP contribution is 2.31. The van der Waals surface area contributed by atoms with Crippen molar-refractivity contribution < 1.29 is 19.8 Å². The van der Waals surface area contributed by atoms with Crippen LogP contribution in [-0.2, 0) is 9.59 Å². The third-order valence-electron chi connectivity index (χ3n) is 5.52. The smallest absolute Gasteiger partial charge is 0.414 e. The summed E-state index contributed by atoms with van der Waals surface area (Å²) >= 11 is 3.64. The summed E-state index contributed by atoms with van der Waals surface area (Å²) in [5.41, 5.74) is 2.28. The summed E-state index contributed by atoms with van der Waals surface area (Å²) < 4.78 is 2.60. The molecular formula is C24H26N4O4S2. The zero-order valence-corrected chi connectivity index (χ0v) is 20.1. The normalized spacial score (nSPS) is 19.3. The number of carboxylic acids is 2. The fraction of sp³-hybridized carbons (Fsp3) is 0.333. The summed E-state index contributed by atoms with van der Waals surface area (Å²) in [5, 5.41) is 24.3. The van der Waals surface area contributed by atoms with Crippen LogP contribution in [0.4, 0.5) is 0 Å². The molecule has 178 valence electrons. The minimum absolute atomic E-state index is 0.507. The molecule has 8 nitrogen and oxygen atoms in total. The second-order valence-electron chi connectivity index (χ2n) is 7.95. The minimum atomic E-state index is -1.82. The molecule has 34 heavy (non-hydrogen) atoms. The van der Waals surface area contributed by atoms with Gasteiger partial charge in [0.1, 0.15) is 10.0 Å². The Bertz CT molecular complexity index is 1100. The van der Waals surface area contributed by atoms with E-state index in [0.717, 1.165) is 24.1 Å². The lowest BCUT2D eigenvalue weighted by Crippen LogP contribution is -2.12. The number of fused-ring (bicyclic) bond motifs is 2. The number of nitrogens with one attached hydrogen (secondary N) is 2. The average molecular weight is 499 g/mol. The molecule has 0 aliphatic carbocycles. The number of carboxylic acid groups (broad SMARTS) is 2. The third-order valence-corrected chi connectivity index (χ3v) is 7.82. The summed E-state index contributed by atoms with van der Waals surface area (Å²) in [4.78, 5) is 27.5. The van der Waals surface area contributed by atoms with Crippen molar-refractivity contribution in [2.45, 2.75) is 37.8 Å².